The highest BCUT2D eigenvalue weighted by Gasteiger charge is 2.40. The fourth-order valence-corrected chi connectivity index (χ4v) is 1.11. The van der Waals surface area contributed by atoms with Crippen LogP contribution in [0.1, 0.15) is 6.92 Å². The predicted octanol–water partition coefficient (Wildman–Crippen LogP) is 1.10. The molecule has 17 heavy (non-hydrogen) atoms. The molecule has 0 fully saturated rings. The van der Waals surface area contributed by atoms with Gasteiger partial charge in [0.15, 0.2) is 5.92 Å². The van der Waals surface area contributed by atoms with Crippen LogP contribution >= 0.6 is 0 Å². The van der Waals surface area contributed by atoms with Crippen LogP contribution in [-0.4, -0.2) is 55.6 Å². The van der Waals surface area contributed by atoms with Crippen LogP contribution in [0, 0.1) is 17.2 Å². The summed E-state index contributed by atoms with van der Waals surface area (Å²) in [7, 11) is 3.06. The van der Waals surface area contributed by atoms with Crippen molar-refractivity contribution in [3.05, 3.63) is 0 Å². The van der Waals surface area contributed by atoms with Gasteiger partial charge in [-0.3, -0.25) is 9.69 Å². The Kier molecular flexibility index (Phi) is 5.96. The highest BCUT2D eigenvalue weighted by molar-refractivity contribution is 5.77. The summed E-state index contributed by atoms with van der Waals surface area (Å²) in [6.07, 6.45) is -4.55. The molecule has 1 atom stereocenters. The molecule has 0 aromatic heterocycles. The number of nitriles is 1. The van der Waals surface area contributed by atoms with E-state index in [0.29, 0.717) is 0 Å². The molecule has 0 N–H and O–H groups in total. The third-order valence-corrected chi connectivity index (χ3v) is 2.30. The summed E-state index contributed by atoms with van der Waals surface area (Å²) < 4.78 is 37.1. The van der Waals surface area contributed by atoms with E-state index in [4.69, 9.17) is 5.26 Å². The second-order valence-electron chi connectivity index (χ2n) is 3.84. The molecular weight excluding hydrogens is 235 g/mol. The average Bonchev–Trinajstić information content (AvgIpc) is 2.21. The Labute approximate surface area is 98.6 Å². The Hall–Kier alpha value is -1.29. The van der Waals surface area contributed by atoms with Crippen molar-refractivity contribution in [3.63, 3.8) is 0 Å². The summed E-state index contributed by atoms with van der Waals surface area (Å²) >= 11 is 0. The van der Waals surface area contributed by atoms with Crippen molar-refractivity contribution in [2.45, 2.75) is 13.1 Å². The maximum Gasteiger partial charge on any atom is 0.405 e. The van der Waals surface area contributed by atoms with Crippen molar-refractivity contribution in [3.8, 4) is 6.07 Å². The van der Waals surface area contributed by atoms with Gasteiger partial charge in [0.25, 0.3) is 0 Å². The third kappa shape index (κ3) is 5.54. The number of alkyl halides is 3. The lowest BCUT2D eigenvalue weighted by Crippen LogP contribution is -2.41. The van der Waals surface area contributed by atoms with E-state index in [9.17, 15) is 18.0 Å². The number of hydrogen-bond donors (Lipinski definition) is 0. The van der Waals surface area contributed by atoms with E-state index in [2.05, 4.69) is 0 Å². The Morgan fingerprint density at radius 3 is 2.24 bits per heavy atom. The zero-order chi connectivity index (χ0) is 13.6. The lowest BCUT2D eigenvalue weighted by atomic mass is 10.1. The maximum absolute atomic E-state index is 12.4. The molecular formula is C10H16F3N3O. The summed E-state index contributed by atoms with van der Waals surface area (Å²) in [6.45, 7) is 1.34. The monoisotopic (exact) mass is 251 g/mol. The van der Waals surface area contributed by atoms with Crippen molar-refractivity contribution in [2.24, 2.45) is 5.92 Å². The van der Waals surface area contributed by atoms with Gasteiger partial charge in [0.1, 0.15) is 0 Å². The van der Waals surface area contributed by atoms with Gasteiger partial charge in [-0.15, -0.1) is 0 Å². The van der Waals surface area contributed by atoms with E-state index in [1.54, 1.807) is 6.92 Å². The molecule has 0 aliphatic rings. The van der Waals surface area contributed by atoms with Crippen LogP contribution in [0.25, 0.3) is 0 Å². The molecule has 0 aromatic carbocycles. The number of carbonyl (C=O) groups excluding carboxylic acids is 1. The van der Waals surface area contributed by atoms with Gasteiger partial charge in [-0.1, -0.05) is 6.92 Å². The number of rotatable bonds is 5. The smallest absolute Gasteiger partial charge is 0.348 e. The number of nitrogens with zero attached hydrogens (tertiary/aromatic N) is 3. The second-order valence-corrected chi connectivity index (χ2v) is 3.84. The maximum atomic E-state index is 12.4. The molecule has 0 aliphatic carbocycles. The lowest BCUT2D eigenvalue weighted by molar-refractivity contribution is -0.164. The number of likely N-dealkylation sites (N-methyl/N-ethyl adjacent to an activating group) is 2. The van der Waals surface area contributed by atoms with E-state index in [-0.39, 0.29) is 19.0 Å². The molecule has 0 saturated heterocycles. The molecule has 0 aromatic rings. The molecule has 0 heterocycles. The summed E-state index contributed by atoms with van der Waals surface area (Å²) in [5, 5.41) is 8.46. The van der Waals surface area contributed by atoms with E-state index < -0.39 is 18.6 Å². The second kappa shape index (κ2) is 6.45. The van der Waals surface area contributed by atoms with Crippen LogP contribution in [0.2, 0.25) is 0 Å². The number of carbonyl (C=O) groups is 1. The number of halogens is 3. The molecule has 0 saturated carbocycles. The van der Waals surface area contributed by atoms with E-state index in [0.717, 1.165) is 0 Å². The van der Waals surface area contributed by atoms with Gasteiger partial charge in [-0.25, -0.2) is 0 Å². The first-order valence-electron chi connectivity index (χ1n) is 5.11. The van der Waals surface area contributed by atoms with Crippen LogP contribution in [-0.2, 0) is 4.79 Å². The molecule has 0 rings (SSSR count). The first-order chi connectivity index (χ1) is 7.72. The van der Waals surface area contributed by atoms with Gasteiger partial charge >= 0.3 is 6.18 Å². The van der Waals surface area contributed by atoms with E-state index >= 15 is 0 Å². The standard InChI is InChI=1S/C10H16F3N3O/c1-4-16(7-9(17)15(2)3)6-8(5-14)10(11,12)13/h8H,4,6-7H2,1-3H3. The minimum absolute atomic E-state index is 0.113. The number of amides is 1. The fourth-order valence-electron chi connectivity index (χ4n) is 1.11. The molecule has 1 amide bonds. The molecule has 0 radical (unpaired) electrons. The molecule has 1 unspecified atom stereocenters. The molecule has 98 valence electrons. The van der Waals surface area contributed by atoms with Crippen LogP contribution in [0.5, 0.6) is 0 Å². The van der Waals surface area contributed by atoms with Crippen LogP contribution in [0.3, 0.4) is 0 Å². The summed E-state index contributed by atoms with van der Waals surface area (Å²) in [5.74, 6) is -2.34. The molecule has 4 nitrogen and oxygen atoms in total. The fraction of sp³-hybridized carbons (Fsp3) is 0.800. The van der Waals surface area contributed by atoms with E-state index in [1.807, 2.05) is 0 Å². The van der Waals surface area contributed by atoms with Gasteiger partial charge in [-0.2, -0.15) is 18.4 Å². The molecule has 0 bridgehead atoms. The highest BCUT2D eigenvalue weighted by Crippen LogP contribution is 2.26. The quantitative estimate of drug-likeness (QED) is 0.735. The van der Waals surface area contributed by atoms with Gasteiger partial charge in [-0.05, 0) is 6.54 Å². The summed E-state index contributed by atoms with van der Waals surface area (Å²) in [6, 6.07) is 1.22. The first kappa shape index (κ1) is 15.7. The zero-order valence-electron chi connectivity index (χ0n) is 10.1. The lowest BCUT2D eigenvalue weighted by Gasteiger charge is -2.24. The Morgan fingerprint density at radius 1 is 1.41 bits per heavy atom. The Morgan fingerprint density at radius 2 is 1.94 bits per heavy atom. The summed E-state index contributed by atoms with van der Waals surface area (Å²) in [5.41, 5.74) is 0. The normalized spacial score (nSPS) is 13.3. The van der Waals surface area contributed by atoms with Crippen molar-refractivity contribution >= 4 is 5.91 Å². The molecule has 0 spiro atoms. The zero-order valence-corrected chi connectivity index (χ0v) is 10.1. The van der Waals surface area contributed by atoms with Crippen LogP contribution < -0.4 is 0 Å². The minimum atomic E-state index is -4.55. The predicted molar refractivity (Wildman–Crippen MR) is 56.0 cm³/mol. The van der Waals surface area contributed by atoms with Crippen LogP contribution in [0.15, 0.2) is 0 Å². The summed E-state index contributed by atoms with van der Waals surface area (Å²) in [4.78, 5) is 14.0. The molecule has 0 aliphatic heterocycles. The third-order valence-electron chi connectivity index (χ3n) is 2.30. The van der Waals surface area contributed by atoms with Crippen molar-refractivity contribution in [1.29, 1.82) is 5.26 Å². The average molecular weight is 251 g/mol. The van der Waals surface area contributed by atoms with Gasteiger partial charge < -0.3 is 4.90 Å². The Balaban J connectivity index is 4.50. The largest absolute Gasteiger partial charge is 0.405 e. The van der Waals surface area contributed by atoms with Gasteiger partial charge in [0, 0.05) is 20.6 Å². The first-order valence-corrected chi connectivity index (χ1v) is 5.11. The van der Waals surface area contributed by atoms with Crippen molar-refractivity contribution in [1.82, 2.24) is 9.80 Å². The van der Waals surface area contributed by atoms with Gasteiger partial charge in [0.05, 0.1) is 12.6 Å². The minimum Gasteiger partial charge on any atom is -0.348 e. The van der Waals surface area contributed by atoms with Crippen LogP contribution in [0.4, 0.5) is 13.2 Å². The van der Waals surface area contributed by atoms with Crippen molar-refractivity contribution < 1.29 is 18.0 Å². The molecule has 7 heteroatoms. The van der Waals surface area contributed by atoms with Crippen molar-refractivity contribution in [2.75, 3.05) is 33.7 Å². The number of hydrogen-bond acceptors (Lipinski definition) is 3. The topological polar surface area (TPSA) is 47.3 Å². The Bertz CT molecular complexity index is 296. The van der Waals surface area contributed by atoms with Gasteiger partial charge in [0.2, 0.25) is 5.91 Å². The highest BCUT2D eigenvalue weighted by atomic mass is 19.4. The SMILES string of the molecule is CCN(CC(=O)N(C)C)CC(C#N)C(F)(F)F. The van der Waals surface area contributed by atoms with E-state index in [1.165, 1.54) is 30.0 Å².